The lowest BCUT2D eigenvalue weighted by Gasteiger charge is -2.36. The Bertz CT molecular complexity index is 692. The van der Waals surface area contributed by atoms with Crippen LogP contribution in [0.5, 0.6) is 0 Å². The van der Waals surface area contributed by atoms with Crippen LogP contribution in [0, 0.1) is 0 Å². The molecule has 2 aliphatic rings. The number of nitrogens with one attached hydrogen (secondary N) is 1. The van der Waals surface area contributed by atoms with Crippen molar-refractivity contribution in [3.05, 3.63) is 48.0 Å². The Morgan fingerprint density at radius 1 is 1.25 bits per heavy atom. The van der Waals surface area contributed by atoms with E-state index in [1.54, 1.807) is 18.6 Å². The summed E-state index contributed by atoms with van der Waals surface area (Å²) >= 11 is 0. The van der Waals surface area contributed by atoms with Crippen LogP contribution in [0.2, 0.25) is 0 Å². The van der Waals surface area contributed by atoms with E-state index in [1.165, 1.54) is 25.7 Å². The van der Waals surface area contributed by atoms with E-state index in [9.17, 15) is 4.79 Å². The minimum Gasteiger partial charge on any atom is -0.350 e. The molecule has 0 saturated heterocycles. The molecule has 0 spiro atoms. The summed E-state index contributed by atoms with van der Waals surface area (Å²) in [6.07, 6.45) is 10.4. The number of rotatable bonds is 4. The first kappa shape index (κ1) is 15.3. The molecule has 0 radical (unpaired) electrons. The topological polar surface area (TPSA) is 63.1 Å². The van der Waals surface area contributed by atoms with Crippen molar-refractivity contribution in [2.24, 2.45) is 0 Å². The standard InChI is InChI=1S/C18H23N5O/c24-18(20-11-14-4-3-8-19-10-14)17-13-22(15-5-1-2-6-15)12-16-7-9-21-23(16)17/h3-4,7-10,15,17H,1-2,5-6,11-13H2,(H,20,24)/t17-/m1/s1. The Kier molecular flexibility index (Phi) is 4.30. The van der Waals surface area contributed by atoms with E-state index in [0.717, 1.165) is 24.3 Å². The Morgan fingerprint density at radius 2 is 2.12 bits per heavy atom. The van der Waals surface area contributed by atoms with Gasteiger partial charge in [0.15, 0.2) is 0 Å². The maximum Gasteiger partial charge on any atom is 0.246 e. The van der Waals surface area contributed by atoms with Gasteiger partial charge >= 0.3 is 0 Å². The van der Waals surface area contributed by atoms with Gasteiger partial charge in [-0.3, -0.25) is 19.4 Å². The Hall–Kier alpha value is -2.21. The summed E-state index contributed by atoms with van der Waals surface area (Å²) in [7, 11) is 0. The smallest absolute Gasteiger partial charge is 0.246 e. The molecule has 4 rings (SSSR count). The minimum absolute atomic E-state index is 0.0338. The van der Waals surface area contributed by atoms with E-state index in [4.69, 9.17) is 0 Å². The van der Waals surface area contributed by atoms with E-state index in [2.05, 4.69) is 20.3 Å². The van der Waals surface area contributed by atoms with Crippen LogP contribution in [0.25, 0.3) is 0 Å². The van der Waals surface area contributed by atoms with Crippen LogP contribution in [0.1, 0.15) is 43.0 Å². The first-order valence-electron chi connectivity index (χ1n) is 8.74. The lowest BCUT2D eigenvalue weighted by Crippen LogP contribution is -2.47. The van der Waals surface area contributed by atoms with Crippen LogP contribution < -0.4 is 5.32 Å². The fraction of sp³-hybridized carbons (Fsp3) is 0.500. The van der Waals surface area contributed by atoms with Crippen molar-refractivity contribution < 1.29 is 4.79 Å². The van der Waals surface area contributed by atoms with Crippen LogP contribution in [-0.2, 0) is 17.9 Å². The highest BCUT2D eigenvalue weighted by atomic mass is 16.2. The number of hydrogen-bond acceptors (Lipinski definition) is 4. The predicted molar refractivity (Wildman–Crippen MR) is 90.0 cm³/mol. The molecule has 6 heteroatoms. The lowest BCUT2D eigenvalue weighted by molar-refractivity contribution is -0.126. The van der Waals surface area contributed by atoms with Gasteiger partial charge in [-0.2, -0.15) is 5.10 Å². The quantitative estimate of drug-likeness (QED) is 0.932. The van der Waals surface area contributed by atoms with Gasteiger partial charge in [0.1, 0.15) is 6.04 Å². The molecule has 2 aromatic rings. The third kappa shape index (κ3) is 3.06. The van der Waals surface area contributed by atoms with Crippen LogP contribution in [0.3, 0.4) is 0 Å². The van der Waals surface area contributed by atoms with Crippen molar-refractivity contribution in [1.82, 2.24) is 25.0 Å². The summed E-state index contributed by atoms with van der Waals surface area (Å²) in [5, 5.41) is 7.44. The van der Waals surface area contributed by atoms with E-state index in [-0.39, 0.29) is 11.9 Å². The molecular weight excluding hydrogens is 302 g/mol. The number of carbonyl (C=O) groups is 1. The Labute approximate surface area is 141 Å². The van der Waals surface area contributed by atoms with Crippen LogP contribution >= 0.6 is 0 Å². The fourth-order valence-corrected chi connectivity index (χ4v) is 3.87. The number of nitrogens with zero attached hydrogens (tertiary/aromatic N) is 4. The second kappa shape index (κ2) is 6.73. The van der Waals surface area contributed by atoms with Crippen molar-refractivity contribution in [2.75, 3.05) is 6.54 Å². The highest BCUT2D eigenvalue weighted by Gasteiger charge is 2.34. The summed E-state index contributed by atoms with van der Waals surface area (Å²) in [5.41, 5.74) is 2.14. The molecule has 0 bridgehead atoms. The van der Waals surface area contributed by atoms with E-state index in [0.29, 0.717) is 12.6 Å². The molecule has 1 aliphatic carbocycles. The third-order valence-corrected chi connectivity index (χ3v) is 5.15. The van der Waals surface area contributed by atoms with Gasteiger partial charge in [0.05, 0.1) is 5.69 Å². The SMILES string of the molecule is O=C(NCc1cccnc1)[C@H]1CN(C2CCCC2)Cc2ccnn21. The van der Waals surface area contributed by atoms with Gasteiger partial charge in [-0.15, -0.1) is 0 Å². The highest BCUT2D eigenvalue weighted by Crippen LogP contribution is 2.29. The molecule has 1 fully saturated rings. The van der Waals surface area contributed by atoms with Crippen molar-refractivity contribution in [1.29, 1.82) is 0 Å². The first-order valence-corrected chi connectivity index (χ1v) is 8.74. The van der Waals surface area contributed by atoms with Crippen molar-refractivity contribution >= 4 is 5.91 Å². The van der Waals surface area contributed by atoms with Crippen molar-refractivity contribution in [3.8, 4) is 0 Å². The lowest BCUT2D eigenvalue weighted by atomic mass is 10.1. The zero-order chi connectivity index (χ0) is 16.4. The maximum absolute atomic E-state index is 12.8. The number of aromatic nitrogens is 3. The third-order valence-electron chi connectivity index (χ3n) is 5.15. The van der Waals surface area contributed by atoms with Crippen LogP contribution in [0.4, 0.5) is 0 Å². The van der Waals surface area contributed by atoms with Gasteiger partial charge in [0.2, 0.25) is 5.91 Å². The monoisotopic (exact) mass is 325 g/mol. The molecule has 24 heavy (non-hydrogen) atoms. The molecule has 1 atom stereocenters. The number of fused-ring (bicyclic) bond motifs is 1. The molecule has 3 heterocycles. The highest BCUT2D eigenvalue weighted by molar-refractivity contribution is 5.80. The number of pyridine rings is 1. The minimum atomic E-state index is -0.249. The zero-order valence-electron chi connectivity index (χ0n) is 13.8. The second-order valence-corrected chi connectivity index (χ2v) is 6.73. The summed E-state index contributed by atoms with van der Waals surface area (Å²) < 4.78 is 1.89. The summed E-state index contributed by atoms with van der Waals surface area (Å²) in [5.74, 6) is 0.0338. The van der Waals surface area contributed by atoms with Gasteiger partial charge in [-0.25, -0.2) is 0 Å². The van der Waals surface area contributed by atoms with Gasteiger partial charge < -0.3 is 5.32 Å². The molecule has 0 aromatic carbocycles. The van der Waals surface area contributed by atoms with Gasteiger partial charge in [-0.05, 0) is 30.5 Å². The molecule has 1 aliphatic heterocycles. The molecule has 6 nitrogen and oxygen atoms in total. The largest absolute Gasteiger partial charge is 0.350 e. The molecule has 2 aromatic heterocycles. The Balaban J connectivity index is 1.47. The summed E-state index contributed by atoms with van der Waals surface area (Å²) in [4.78, 5) is 19.3. The van der Waals surface area contributed by atoms with Gasteiger partial charge in [-0.1, -0.05) is 18.9 Å². The van der Waals surface area contributed by atoms with Gasteiger partial charge in [0.25, 0.3) is 0 Å². The Morgan fingerprint density at radius 3 is 2.92 bits per heavy atom. The first-order chi connectivity index (χ1) is 11.8. The summed E-state index contributed by atoms with van der Waals surface area (Å²) in [6, 6.07) is 6.25. The predicted octanol–water partition coefficient (Wildman–Crippen LogP) is 1.89. The zero-order valence-corrected chi connectivity index (χ0v) is 13.8. The average molecular weight is 325 g/mol. The molecule has 0 unspecified atom stereocenters. The molecule has 1 N–H and O–H groups in total. The van der Waals surface area contributed by atoms with Crippen molar-refractivity contribution in [3.63, 3.8) is 0 Å². The number of hydrogen-bond donors (Lipinski definition) is 1. The maximum atomic E-state index is 12.8. The van der Waals surface area contributed by atoms with Crippen LogP contribution in [0.15, 0.2) is 36.8 Å². The average Bonchev–Trinajstić information content (AvgIpc) is 3.30. The van der Waals surface area contributed by atoms with E-state index in [1.807, 2.05) is 22.9 Å². The molecule has 1 saturated carbocycles. The van der Waals surface area contributed by atoms with Gasteiger partial charge in [0, 0.05) is 44.3 Å². The van der Waals surface area contributed by atoms with Crippen molar-refractivity contribution in [2.45, 2.75) is 50.9 Å². The summed E-state index contributed by atoms with van der Waals surface area (Å²) in [6.45, 7) is 2.15. The normalized spacial score (nSPS) is 21.6. The molecule has 126 valence electrons. The number of amides is 1. The molecule has 1 amide bonds. The van der Waals surface area contributed by atoms with E-state index >= 15 is 0 Å². The number of carbonyl (C=O) groups excluding carboxylic acids is 1. The fourth-order valence-electron chi connectivity index (χ4n) is 3.87. The van der Waals surface area contributed by atoms with Crippen LogP contribution in [-0.4, -0.2) is 38.2 Å². The second-order valence-electron chi connectivity index (χ2n) is 6.73. The molecular formula is C18H23N5O. The van der Waals surface area contributed by atoms with E-state index < -0.39 is 0 Å².